The van der Waals surface area contributed by atoms with E-state index in [2.05, 4.69) is 4.98 Å². The number of carbonyl (C=O) groups excluding carboxylic acids is 1. The van der Waals surface area contributed by atoms with Crippen molar-refractivity contribution in [2.24, 2.45) is 0 Å². The Labute approximate surface area is 128 Å². The van der Waals surface area contributed by atoms with Crippen LogP contribution in [0.1, 0.15) is 27.0 Å². The molecule has 0 aliphatic carbocycles. The fourth-order valence-electron chi connectivity index (χ4n) is 1.72. The first-order valence-corrected chi connectivity index (χ1v) is 6.84. The number of pyridine rings is 1. The quantitative estimate of drug-likeness (QED) is 0.458. The normalized spacial score (nSPS) is 11.0. The summed E-state index contributed by atoms with van der Waals surface area (Å²) in [6.07, 6.45) is 4.68. The average Bonchev–Trinajstić information content (AvgIpc) is 2.43. The Balaban J connectivity index is 2.24. The molecule has 0 bridgehead atoms. The van der Waals surface area contributed by atoms with E-state index in [9.17, 15) is 4.79 Å². The maximum Gasteiger partial charge on any atom is 0.185 e. The van der Waals surface area contributed by atoms with Gasteiger partial charge in [-0.2, -0.15) is 0 Å². The molecule has 0 atom stereocenters. The SMILES string of the molecule is Cc1ccc(C(=O)/C=C/c2ccnc(Cl)c2Cl)cc1C. The Bertz CT molecular complexity index is 693. The van der Waals surface area contributed by atoms with Crippen molar-refractivity contribution in [2.75, 3.05) is 0 Å². The number of hydrogen-bond donors (Lipinski definition) is 0. The van der Waals surface area contributed by atoms with E-state index in [4.69, 9.17) is 23.2 Å². The van der Waals surface area contributed by atoms with Crippen LogP contribution in [0.4, 0.5) is 0 Å². The maximum absolute atomic E-state index is 12.1. The highest BCUT2D eigenvalue weighted by molar-refractivity contribution is 6.42. The monoisotopic (exact) mass is 305 g/mol. The lowest BCUT2D eigenvalue weighted by Crippen LogP contribution is -1.95. The molecule has 0 aliphatic heterocycles. The van der Waals surface area contributed by atoms with Gasteiger partial charge in [0.05, 0.1) is 5.02 Å². The smallest absolute Gasteiger partial charge is 0.185 e. The minimum absolute atomic E-state index is 0.0721. The van der Waals surface area contributed by atoms with Crippen LogP contribution in [0.5, 0.6) is 0 Å². The molecule has 0 unspecified atom stereocenters. The molecule has 0 radical (unpaired) electrons. The van der Waals surface area contributed by atoms with Crippen LogP contribution >= 0.6 is 23.2 Å². The van der Waals surface area contributed by atoms with Crippen LogP contribution in [0.15, 0.2) is 36.5 Å². The number of hydrogen-bond acceptors (Lipinski definition) is 2. The second-order valence-electron chi connectivity index (χ2n) is 4.50. The Morgan fingerprint density at radius 3 is 2.60 bits per heavy atom. The Morgan fingerprint density at radius 1 is 1.15 bits per heavy atom. The van der Waals surface area contributed by atoms with Gasteiger partial charge in [-0.25, -0.2) is 4.98 Å². The molecule has 1 heterocycles. The molecule has 0 fully saturated rings. The van der Waals surface area contributed by atoms with Crippen LogP contribution in [0.2, 0.25) is 10.2 Å². The van der Waals surface area contributed by atoms with E-state index in [-0.39, 0.29) is 10.9 Å². The van der Waals surface area contributed by atoms with Crippen molar-refractivity contribution < 1.29 is 4.79 Å². The first-order chi connectivity index (χ1) is 9.49. The fraction of sp³-hybridized carbons (Fsp3) is 0.125. The summed E-state index contributed by atoms with van der Waals surface area (Å²) in [4.78, 5) is 16.0. The highest BCUT2D eigenvalue weighted by Gasteiger charge is 2.05. The second kappa shape index (κ2) is 6.21. The molecule has 20 heavy (non-hydrogen) atoms. The van der Waals surface area contributed by atoms with E-state index in [1.807, 2.05) is 32.0 Å². The summed E-state index contributed by atoms with van der Waals surface area (Å²) in [5, 5.41) is 0.575. The molecule has 1 aromatic carbocycles. The standard InChI is InChI=1S/C16H13Cl2NO/c1-10-3-4-13(9-11(10)2)14(20)6-5-12-7-8-19-16(18)15(12)17/h3-9H,1-2H3/b6-5+. The number of nitrogens with zero attached hydrogens (tertiary/aromatic N) is 1. The summed E-state index contributed by atoms with van der Waals surface area (Å²) in [7, 11) is 0. The molecule has 4 heteroatoms. The van der Waals surface area contributed by atoms with Gasteiger partial charge in [0, 0.05) is 11.8 Å². The molecule has 0 N–H and O–H groups in total. The lowest BCUT2D eigenvalue weighted by atomic mass is 10.0. The highest BCUT2D eigenvalue weighted by Crippen LogP contribution is 2.24. The van der Waals surface area contributed by atoms with Crippen LogP contribution in [0.3, 0.4) is 0 Å². The van der Waals surface area contributed by atoms with Crippen molar-refractivity contribution in [3.63, 3.8) is 0 Å². The van der Waals surface area contributed by atoms with Gasteiger partial charge in [0.2, 0.25) is 0 Å². The largest absolute Gasteiger partial charge is 0.289 e. The van der Waals surface area contributed by atoms with E-state index in [0.29, 0.717) is 16.1 Å². The summed E-state index contributed by atoms with van der Waals surface area (Å²) < 4.78 is 0. The van der Waals surface area contributed by atoms with Gasteiger partial charge >= 0.3 is 0 Å². The fourth-order valence-corrected chi connectivity index (χ4v) is 2.06. The van der Waals surface area contributed by atoms with Gasteiger partial charge in [0.15, 0.2) is 5.78 Å². The van der Waals surface area contributed by atoms with Crippen LogP contribution < -0.4 is 0 Å². The van der Waals surface area contributed by atoms with Crippen LogP contribution in [0, 0.1) is 13.8 Å². The van der Waals surface area contributed by atoms with Crippen molar-refractivity contribution in [1.82, 2.24) is 4.98 Å². The lowest BCUT2D eigenvalue weighted by Gasteiger charge is -2.02. The number of aromatic nitrogens is 1. The molecule has 0 spiro atoms. The van der Waals surface area contributed by atoms with Crippen LogP contribution in [-0.2, 0) is 0 Å². The Kier molecular flexibility index (Phi) is 4.58. The number of carbonyl (C=O) groups is 1. The van der Waals surface area contributed by atoms with Crippen molar-refractivity contribution in [2.45, 2.75) is 13.8 Å². The zero-order valence-electron chi connectivity index (χ0n) is 11.2. The van der Waals surface area contributed by atoms with E-state index in [1.165, 1.54) is 6.08 Å². The van der Waals surface area contributed by atoms with E-state index < -0.39 is 0 Å². The summed E-state index contributed by atoms with van der Waals surface area (Å²) in [5.41, 5.74) is 3.58. The van der Waals surface area contributed by atoms with Gasteiger partial charge in [-0.3, -0.25) is 4.79 Å². The van der Waals surface area contributed by atoms with Gasteiger partial charge in [0.25, 0.3) is 0 Å². The zero-order valence-corrected chi connectivity index (χ0v) is 12.7. The van der Waals surface area contributed by atoms with Gasteiger partial charge in [0.1, 0.15) is 5.15 Å². The summed E-state index contributed by atoms with van der Waals surface area (Å²) in [5.74, 6) is -0.0721. The lowest BCUT2D eigenvalue weighted by molar-refractivity contribution is 0.104. The van der Waals surface area contributed by atoms with Gasteiger partial charge in [-0.1, -0.05) is 35.3 Å². The Morgan fingerprint density at radius 2 is 1.90 bits per heavy atom. The number of ketones is 1. The molecule has 0 saturated carbocycles. The minimum Gasteiger partial charge on any atom is -0.289 e. The van der Waals surface area contributed by atoms with Crippen molar-refractivity contribution in [3.05, 3.63) is 69.0 Å². The average molecular weight is 306 g/mol. The predicted octanol–water partition coefficient (Wildman–Crippen LogP) is 4.90. The summed E-state index contributed by atoms with van der Waals surface area (Å²) >= 11 is 11.8. The molecule has 2 nitrogen and oxygen atoms in total. The number of halogens is 2. The van der Waals surface area contributed by atoms with E-state index >= 15 is 0 Å². The van der Waals surface area contributed by atoms with Crippen molar-refractivity contribution in [1.29, 1.82) is 0 Å². The number of aryl methyl sites for hydroxylation is 2. The minimum atomic E-state index is -0.0721. The first kappa shape index (κ1) is 14.8. The molecule has 0 aliphatic rings. The molecular weight excluding hydrogens is 293 g/mol. The maximum atomic E-state index is 12.1. The first-order valence-electron chi connectivity index (χ1n) is 6.08. The molecule has 102 valence electrons. The molecule has 0 amide bonds. The molecule has 2 rings (SSSR count). The van der Waals surface area contributed by atoms with E-state index in [0.717, 1.165) is 11.1 Å². The second-order valence-corrected chi connectivity index (χ2v) is 5.24. The summed E-state index contributed by atoms with van der Waals surface area (Å²) in [6, 6.07) is 7.34. The predicted molar refractivity (Wildman–Crippen MR) is 83.5 cm³/mol. The molecule has 1 aromatic heterocycles. The molecular formula is C16H13Cl2NO. The molecule has 0 saturated heterocycles. The third kappa shape index (κ3) is 3.27. The van der Waals surface area contributed by atoms with Crippen molar-refractivity contribution >= 4 is 35.1 Å². The van der Waals surface area contributed by atoms with Crippen LogP contribution in [-0.4, -0.2) is 10.8 Å². The third-order valence-corrected chi connectivity index (χ3v) is 3.86. The zero-order chi connectivity index (χ0) is 14.7. The number of allylic oxidation sites excluding steroid dienone is 1. The van der Waals surface area contributed by atoms with Crippen LogP contribution in [0.25, 0.3) is 6.08 Å². The van der Waals surface area contributed by atoms with Crippen molar-refractivity contribution in [3.8, 4) is 0 Å². The highest BCUT2D eigenvalue weighted by atomic mass is 35.5. The molecule has 2 aromatic rings. The third-order valence-electron chi connectivity index (χ3n) is 3.08. The summed E-state index contributed by atoms with van der Waals surface area (Å²) in [6.45, 7) is 3.99. The number of benzene rings is 1. The van der Waals surface area contributed by atoms with E-state index in [1.54, 1.807) is 18.3 Å². The van der Waals surface area contributed by atoms with Gasteiger partial charge in [-0.15, -0.1) is 0 Å². The van der Waals surface area contributed by atoms with Gasteiger partial charge < -0.3 is 0 Å². The Hall–Kier alpha value is -1.64. The van der Waals surface area contributed by atoms with Gasteiger partial charge in [-0.05, 0) is 54.8 Å². The topological polar surface area (TPSA) is 30.0 Å². The number of rotatable bonds is 3.